The van der Waals surface area contributed by atoms with Crippen LogP contribution in [0.5, 0.6) is 5.75 Å². The molecule has 1 N–H and O–H groups in total. The standard InChI is InChI=1S/C24H32N2O6/c1-6-31-19-8-7-17(16(3)27)9-18(19)13-32-20(28)12-26-21(29)24(25-22(26)30)11-15(2)10-23(4,5)14-24/h7-9,15H,6,10-14H2,1-5H3,(H,25,30). The highest BCUT2D eigenvalue weighted by atomic mass is 16.5. The summed E-state index contributed by atoms with van der Waals surface area (Å²) in [5.74, 6) is -0.398. The minimum absolute atomic E-state index is 0.0888. The third kappa shape index (κ3) is 4.95. The first-order chi connectivity index (χ1) is 15.0. The summed E-state index contributed by atoms with van der Waals surface area (Å²) in [6, 6.07) is 4.37. The minimum atomic E-state index is -0.962. The number of amides is 3. The van der Waals surface area contributed by atoms with E-state index in [2.05, 4.69) is 26.1 Å². The largest absolute Gasteiger partial charge is 0.493 e. The third-order valence-corrected chi connectivity index (χ3v) is 6.07. The first-order valence-electron chi connectivity index (χ1n) is 11.0. The van der Waals surface area contributed by atoms with Gasteiger partial charge in [-0.25, -0.2) is 4.79 Å². The molecule has 1 saturated heterocycles. The molecule has 0 bridgehead atoms. The fraction of sp³-hybridized carbons (Fsp3) is 0.583. The van der Waals surface area contributed by atoms with Gasteiger partial charge in [0.05, 0.1) is 6.61 Å². The van der Waals surface area contributed by atoms with Crippen LogP contribution in [0.25, 0.3) is 0 Å². The van der Waals surface area contributed by atoms with Crippen LogP contribution in [-0.4, -0.2) is 47.3 Å². The van der Waals surface area contributed by atoms with Gasteiger partial charge in [0.25, 0.3) is 5.91 Å². The number of hydrogen-bond acceptors (Lipinski definition) is 6. The molecule has 1 heterocycles. The molecule has 0 aromatic heterocycles. The second-order valence-electron chi connectivity index (χ2n) is 9.73. The Kier molecular flexibility index (Phi) is 6.62. The van der Waals surface area contributed by atoms with Crippen molar-refractivity contribution in [2.75, 3.05) is 13.2 Å². The lowest BCUT2D eigenvalue weighted by atomic mass is 9.64. The van der Waals surface area contributed by atoms with Gasteiger partial charge < -0.3 is 14.8 Å². The van der Waals surface area contributed by atoms with Crippen molar-refractivity contribution in [1.29, 1.82) is 0 Å². The number of hydrogen-bond donors (Lipinski definition) is 1. The first kappa shape index (κ1) is 23.8. The normalized spacial score (nSPS) is 24.4. The predicted octanol–water partition coefficient (Wildman–Crippen LogP) is 3.47. The molecule has 174 valence electrons. The molecule has 8 nitrogen and oxygen atoms in total. The number of rotatable bonds is 7. The van der Waals surface area contributed by atoms with Gasteiger partial charge in [-0.1, -0.05) is 20.8 Å². The Bertz CT molecular complexity index is 940. The highest BCUT2D eigenvalue weighted by Gasteiger charge is 2.56. The maximum absolute atomic E-state index is 13.2. The van der Waals surface area contributed by atoms with E-state index in [-0.39, 0.29) is 29.6 Å². The molecule has 3 amide bonds. The summed E-state index contributed by atoms with van der Waals surface area (Å²) >= 11 is 0. The number of nitrogens with zero attached hydrogens (tertiary/aromatic N) is 1. The van der Waals surface area contributed by atoms with E-state index in [4.69, 9.17) is 9.47 Å². The van der Waals surface area contributed by atoms with E-state index < -0.39 is 24.1 Å². The van der Waals surface area contributed by atoms with Gasteiger partial charge in [-0.2, -0.15) is 0 Å². The van der Waals surface area contributed by atoms with E-state index in [0.717, 1.165) is 11.3 Å². The van der Waals surface area contributed by atoms with Crippen LogP contribution >= 0.6 is 0 Å². The Balaban J connectivity index is 1.68. The number of ether oxygens (including phenoxy) is 2. The molecule has 2 atom stereocenters. The van der Waals surface area contributed by atoms with E-state index >= 15 is 0 Å². The zero-order valence-electron chi connectivity index (χ0n) is 19.4. The first-order valence-corrected chi connectivity index (χ1v) is 11.0. The number of nitrogens with one attached hydrogen (secondary N) is 1. The van der Waals surface area contributed by atoms with Crippen LogP contribution in [0, 0.1) is 11.3 Å². The third-order valence-electron chi connectivity index (χ3n) is 6.07. The van der Waals surface area contributed by atoms with Crippen molar-refractivity contribution in [1.82, 2.24) is 10.2 Å². The topological polar surface area (TPSA) is 102 Å². The van der Waals surface area contributed by atoms with Crippen LogP contribution in [0.15, 0.2) is 18.2 Å². The number of ketones is 1. The van der Waals surface area contributed by atoms with Gasteiger partial charge in [0.2, 0.25) is 0 Å². The number of benzene rings is 1. The molecule has 1 aliphatic carbocycles. The molecule has 0 radical (unpaired) electrons. The lowest BCUT2D eigenvalue weighted by molar-refractivity contribution is -0.149. The smallest absolute Gasteiger partial charge is 0.326 e. The molecular weight excluding hydrogens is 412 g/mol. The minimum Gasteiger partial charge on any atom is -0.493 e. The number of urea groups is 1. The average Bonchev–Trinajstić information content (AvgIpc) is 2.88. The van der Waals surface area contributed by atoms with Crippen molar-refractivity contribution >= 4 is 23.7 Å². The Labute approximate surface area is 188 Å². The Morgan fingerprint density at radius 2 is 1.94 bits per heavy atom. The highest BCUT2D eigenvalue weighted by molar-refractivity contribution is 6.08. The Morgan fingerprint density at radius 1 is 1.22 bits per heavy atom. The molecule has 1 aromatic rings. The monoisotopic (exact) mass is 444 g/mol. The molecule has 1 aromatic carbocycles. The zero-order chi connectivity index (χ0) is 23.7. The number of carbonyl (C=O) groups is 4. The number of esters is 1. The molecule has 2 aliphatic rings. The Morgan fingerprint density at radius 3 is 2.56 bits per heavy atom. The maximum atomic E-state index is 13.2. The van der Waals surface area contributed by atoms with Crippen molar-refractivity contribution in [3.8, 4) is 5.75 Å². The SMILES string of the molecule is CCOc1ccc(C(C)=O)cc1COC(=O)CN1C(=O)NC2(CC(C)CC(C)(C)C2)C1=O. The van der Waals surface area contributed by atoms with Crippen molar-refractivity contribution in [2.24, 2.45) is 11.3 Å². The molecule has 2 unspecified atom stereocenters. The van der Waals surface area contributed by atoms with E-state index in [0.29, 0.717) is 36.3 Å². The average molecular weight is 445 g/mol. The Hall–Kier alpha value is -2.90. The van der Waals surface area contributed by atoms with Gasteiger partial charge in [0, 0.05) is 11.1 Å². The summed E-state index contributed by atoms with van der Waals surface area (Å²) in [4.78, 5) is 50.9. The van der Waals surface area contributed by atoms with Crippen molar-refractivity contribution in [3.63, 3.8) is 0 Å². The molecule has 1 aliphatic heterocycles. The molecule has 2 fully saturated rings. The summed E-state index contributed by atoms with van der Waals surface area (Å²) in [5, 5.41) is 2.85. The van der Waals surface area contributed by atoms with Crippen LogP contribution in [-0.2, 0) is 20.9 Å². The lowest BCUT2D eigenvalue weighted by Gasteiger charge is -2.43. The quantitative estimate of drug-likeness (QED) is 0.393. The van der Waals surface area contributed by atoms with Gasteiger partial charge >= 0.3 is 12.0 Å². The highest BCUT2D eigenvalue weighted by Crippen LogP contribution is 2.46. The zero-order valence-corrected chi connectivity index (χ0v) is 19.4. The van der Waals surface area contributed by atoms with E-state index in [1.54, 1.807) is 18.2 Å². The van der Waals surface area contributed by atoms with Gasteiger partial charge in [-0.3, -0.25) is 19.3 Å². The van der Waals surface area contributed by atoms with E-state index in [1.165, 1.54) is 6.92 Å². The van der Waals surface area contributed by atoms with E-state index in [9.17, 15) is 19.2 Å². The summed E-state index contributed by atoms with van der Waals surface area (Å²) in [5.41, 5.74) is -0.0284. The van der Waals surface area contributed by atoms with Crippen LogP contribution in [0.1, 0.15) is 69.8 Å². The molecule has 1 spiro atoms. The second kappa shape index (κ2) is 8.92. The van der Waals surface area contributed by atoms with Gasteiger partial charge in [0.15, 0.2) is 5.78 Å². The fourth-order valence-electron chi connectivity index (χ4n) is 5.19. The van der Waals surface area contributed by atoms with Crippen LogP contribution in [0.2, 0.25) is 0 Å². The summed E-state index contributed by atoms with van der Waals surface area (Å²) in [6.45, 7) is 9.36. The van der Waals surface area contributed by atoms with Crippen LogP contribution in [0.4, 0.5) is 4.79 Å². The number of carbonyl (C=O) groups excluding carboxylic acids is 4. The summed E-state index contributed by atoms with van der Waals surface area (Å²) in [7, 11) is 0. The second-order valence-corrected chi connectivity index (χ2v) is 9.73. The fourth-order valence-corrected chi connectivity index (χ4v) is 5.19. The number of Topliss-reactive ketones (excluding diaryl/α,β-unsaturated/α-hetero) is 1. The molecule has 1 saturated carbocycles. The molecule has 8 heteroatoms. The van der Waals surface area contributed by atoms with Crippen LogP contribution < -0.4 is 10.1 Å². The van der Waals surface area contributed by atoms with Gasteiger partial charge in [0.1, 0.15) is 24.4 Å². The maximum Gasteiger partial charge on any atom is 0.326 e. The van der Waals surface area contributed by atoms with Crippen molar-refractivity contribution in [2.45, 2.75) is 66.0 Å². The lowest BCUT2D eigenvalue weighted by Crippen LogP contribution is -2.54. The van der Waals surface area contributed by atoms with E-state index in [1.807, 2.05) is 6.92 Å². The molecular formula is C24H32N2O6. The summed E-state index contributed by atoms with van der Waals surface area (Å²) in [6.07, 6.45) is 2.07. The van der Waals surface area contributed by atoms with Crippen LogP contribution in [0.3, 0.4) is 0 Å². The molecule has 3 rings (SSSR count). The van der Waals surface area contributed by atoms with Gasteiger partial charge in [-0.05, 0) is 62.6 Å². The molecule has 32 heavy (non-hydrogen) atoms. The summed E-state index contributed by atoms with van der Waals surface area (Å²) < 4.78 is 10.9. The predicted molar refractivity (Wildman–Crippen MR) is 117 cm³/mol. The van der Waals surface area contributed by atoms with Gasteiger partial charge in [-0.15, -0.1) is 0 Å². The van der Waals surface area contributed by atoms with Crippen molar-refractivity contribution < 1.29 is 28.7 Å². The number of imide groups is 1. The van der Waals surface area contributed by atoms with Crippen molar-refractivity contribution in [3.05, 3.63) is 29.3 Å².